The molecule has 0 unspecified atom stereocenters. The lowest BCUT2D eigenvalue weighted by atomic mass is 9.95. The smallest absolute Gasteiger partial charge is 0.0565 e. The Morgan fingerprint density at radius 3 is 2.17 bits per heavy atom. The summed E-state index contributed by atoms with van der Waals surface area (Å²) >= 11 is 0. The molecule has 0 radical (unpaired) electrons. The quantitative estimate of drug-likeness (QED) is 0.584. The van der Waals surface area contributed by atoms with Crippen LogP contribution in [-0.4, -0.2) is 11.2 Å². The summed E-state index contributed by atoms with van der Waals surface area (Å²) in [5.74, 6) is 0.492. The van der Waals surface area contributed by atoms with Gasteiger partial charge in [0.1, 0.15) is 0 Å². The van der Waals surface area contributed by atoms with E-state index in [0.29, 0.717) is 5.92 Å². The third-order valence-electron chi connectivity index (χ3n) is 2.50. The van der Waals surface area contributed by atoms with Gasteiger partial charge in [0, 0.05) is 0 Å². The minimum Gasteiger partial charge on any atom is -0.393 e. The van der Waals surface area contributed by atoms with Crippen LogP contribution >= 0.6 is 0 Å². The van der Waals surface area contributed by atoms with Crippen molar-refractivity contribution < 1.29 is 5.11 Å². The number of unbranched alkanes of at least 4 members (excludes halogenated alkanes) is 2. The van der Waals surface area contributed by atoms with Crippen LogP contribution in [-0.2, 0) is 0 Å². The van der Waals surface area contributed by atoms with Crippen LogP contribution in [0.5, 0.6) is 0 Å². The minimum atomic E-state index is -0.0588. The van der Waals surface area contributed by atoms with Crippen molar-refractivity contribution in [1.82, 2.24) is 0 Å². The molecule has 0 bridgehead atoms. The van der Waals surface area contributed by atoms with E-state index in [1.54, 1.807) is 0 Å². The van der Waals surface area contributed by atoms with E-state index < -0.39 is 0 Å². The van der Waals surface area contributed by atoms with E-state index in [0.717, 1.165) is 12.8 Å². The number of rotatable bonds is 7. The second-order valence-electron chi connectivity index (χ2n) is 3.83. The fraction of sp³-hybridized carbons (Fsp3) is 1.00. The van der Waals surface area contributed by atoms with Crippen LogP contribution in [0.3, 0.4) is 0 Å². The molecule has 0 aliphatic carbocycles. The predicted molar refractivity (Wildman–Crippen MR) is 54.2 cm³/mol. The molecule has 0 rings (SSSR count). The summed E-state index contributed by atoms with van der Waals surface area (Å²) in [6.07, 6.45) is 6.97. The van der Waals surface area contributed by atoms with Crippen molar-refractivity contribution >= 4 is 0 Å². The molecule has 0 saturated heterocycles. The molecular weight excluding hydrogens is 148 g/mol. The molecule has 1 N–H and O–H groups in total. The molecule has 1 nitrogen and oxygen atoms in total. The number of hydrogen-bond donors (Lipinski definition) is 1. The fourth-order valence-corrected chi connectivity index (χ4v) is 1.54. The second kappa shape index (κ2) is 7.60. The lowest BCUT2D eigenvalue weighted by Crippen LogP contribution is -2.17. The van der Waals surface area contributed by atoms with Gasteiger partial charge in [-0.25, -0.2) is 0 Å². The molecule has 0 spiro atoms. The van der Waals surface area contributed by atoms with Crippen LogP contribution < -0.4 is 0 Å². The molecule has 1 heteroatoms. The van der Waals surface area contributed by atoms with Crippen molar-refractivity contribution in [2.45, 2.75) is 65.4 Å². The Morgan fingerprint density at radius 2 is 1.67 bits per heavy atom. The molecule has 2 atom stereocenters. The van der Waals surface area contributed by atoms with Crippen molar-refractivity contribution in [2.75, 3.05) is 0 Å². The van der Waals surface area contributed by atoms with Crippen molar-refractivity contribution in [1.29, 1.82) is 0 Å². The summed E-state index contributed by atoms with van der Waals surface area (Å²) in [4.78, 5) is 0. The molecule has 0 aliphatic heterocycles. The zero-order chi connectivity index (χ0) is 9.40. The summed E-state index contributed by atoms with van der Waals surface area (Å²) in [7, 11) is 0. The van der Waals surface area contributed by atoms with Gasteiger partial charge in [0.2, 0.25) is 0 Å². The summed E-state index contributed by atoms with van der Waals surface area (Å²) < 4.78 is 0. The first-order valence-corrected chi connectivity index (χ1v) is 5.40. The largest absolute Gasteiger partial charge is 0.393 e. The van der Waals surface area contributed by atoms with Crippen molar-refractivity contribution in [2.24, 2.45) is 5.92 Å². The molecule has 0 fully saturated rings. The SMILES string of the molecule is CCCCC[C@H](O)[C@H](C)CCC. The van der Waals surface area contributed by atoms with Gasteiger partial charge in [0.15, 0.2) is 0 Å². The van der Waals surface area contributed by atoms with Crippen LogP contribution in [0.15, 0.2) is 0 Å². The van der Waals surface area contributed by atoms with Crippen LogP contribution in [0, 0.1) is 5.92 Å². The molecule has 0 aromatic rings. The maximum atomic E-state index is 9.68. The van der Waals surface area contributed by atoms with Crippen molar-refractivity contribution in [3.05, 3.63) is 0 Å². The van der Waals surface area contributed by atoms with Gasteiger partial charge in [-0.15, -0.1) is 0 Å². The van der Waals surface area contributed by atoms with Gasteiger partial charge < -0.3 is 5.11 Å². The van der Waals surface area contributed by atoms with Gasteiger partial charge in [-0.05, 0) is 18.8 Å². The van der Waals surface area contributed by atoms with Gasteiger partial charge in [-0.2, -0.15) is 0 Å². The van der Waals surface area contributed by atoms with Crippen molar-refractivity contribution in [3.63, 3.8) is 0 Å². The van der Waals surface area contributed by atoms with Crippen LogP contribution in [0.2, 0.25) is 0 Å². The van der Waals surface area contributed by atoms with E-state index >= 15 is 0 Å². The molecule has 74 valence electrons. The molecule has 0 heterocycles. The molecular formula is C11H24O. The molecule has 0 amide bonds. The minimum absolute atomic E-state index is 0.0588. The lowest BCUT2D eigenvalue weighted by molar-refractivity contribution is 0.0998. The van der Waals surface area contributed by atoms with Gasteiger partial charge in [0.25, 0.3) is 0 Å². The van der Waals surface area contributed by atoms with E-state index in [1.165, 1.54) is 25.7 Å². The Bertz CT molecular complexity index is 91.0. The Labute approximate surface area is 77.2 Å². The highest BCUT2D eigenvalue weighted by molar-refractivity contribution is 4.63. The summed E-state index contributed by atoms with van der Waals surface area (Å²) in [5.41, 5.74) is 0. The Balaban J connectivity index is 3.35. The zero-order valence-electron chi connectivity index (χ0n) is 8.84. The summed E-state index contributed by atoms with van der Waals surface area (Å²) in [6.45, 7) is 6.53. The molecule has 0 aromatic carbocycles. The normalized spacial score (nSPS) is 16.0. The third-order valence-corrected chi connectivity index (χ3v) is 2.50. The molecule has 12 heavy (non-hydrogen) atoms. The first kappa shape index (κ1) is 12.0. The van der Waals surface area contributed by atoms with Gasteiger partial charge >= 0.3 is 0 Å². The number of hydrogen-bond acceptors (Lipinski definition) is 1. The lowest BCUT2D eigenvalue weighted by Gasteiger charge is -2.17. The molecule has 0 saturated carbocycles. The van der Waals surface area contributed by atoms with Gasteiger partial charge in [0.05, 0.1) is 6.10 Å². The number of aliphatic hydroxyl groups excluding tert-OH is 1. The Hall–Kier alpha value is -0.0400. The van der Waals surface area contributed by atoms with Gasteiger partial charge in [-0.3, -0.25) is 0 Å². The topological polar surface area (TPSA) is 20.2 Å². The molecule has 0 aliphatic rings. The Morgan fingerprint density at radius 1 is 1.00 bits per heavy atom. The van der Waals surface area contributed by atoms with E-state index in [1.807, 2.05) is 0 Å². The third kappa shape index (κ3) is 5.59. The highest BCUT2D eigenvalue weighted by Crippen LogP contribution is 2.15. The number of aliphatic hydroxyl groups is 1. The van der Waals surface area contributed by atoms with E-state index in [2.05, 4.69) is 20.8 Å². The van der Waals surface area contributed by atoms with Gasteiger partial charge in [-0.1, -0.05) is 46.5 Å². The average molecular weight is 172 g/mol. The van der Waals surface area contributed by atoms with Crippen molar-refractivity contribution in [3.8, 4) is 0 Å². The summed E-state index contributed by atoms with van der Waals surface area (Å²) in [5, 5.41) is 9.68. The summed E-state index contributed by atoms with van der Waals surface area (Å²) in [6, 6.07) is 0. The standard InChI is InChI=1S/C11H24O/c1-4-6-7-9-11(12)10(3)8-5-2/h10-12H,4-9H2,1-3H3/t10-,11+/m1/s1. The average Bonchev–Trinajstić information content (AvgIpc) is 2.05. The fourth-order valence-electron chi connectivity index (χ4n) is 1.54. The molecule has 0 aromatic heterocycles. The van der Waals surface area contributed by atoms with Crippen LogP contribution in [0.4, 0.5) is 0 Å². The van der Waals surface area contributed by atoms with E-state index in [4.69, 9.17) is 0 Å². The predicted octanol–water partition coefficient (Wildman–Crippen LogP) is 3.36. The van der Waals surface area contributed by atoms with E-state index in [9.17, 15) is 5.11 Å². The zero-order valence-corrected chi connectivity index (χ0v) is 8.84. The highest BCUT2D eigenvalue weighted by Gasteiger charge is 2.11. The Kier molecular flexibility index (Phi) is 7.58. The maximum absolute atomic E-state index is 9.68. The monoisotopic (exact) mass is 172 g/mol. The highest BCUT2D eigenvalue weighted by atomic mass is 16.3. The maximum Gasteiger partial charge on any atom is 0.0565 e. The van der Waals surface area contributed by atoms with E-state index in [-0.39, 0.29) is 6.10 Å². The first-order chi connectivity index (χ1) is 5.72. The first-order valence-electron chi connectivity index (χ1n) is 5.40. The second-order valence-corrected chi connectivity index (χ2v) is 3.83. The van der Waals surface area contributed by atoms with Crippen LogP contribution in [0.1, 0.15) is 59.3 Å². The van der Waals surface area contributed by atoms with Crippen LogP contribution in [0.25, 0.3) is 0 Å².